The number of rotatable bonds is 6. The lowest BCUT2D eigenvalue weighted by Gasteiger charge is -2.08. The summed E-state index contributed by atoms with van der Waals surface area (Å²) in [6.45, 7) is 7.31. The van der Waals surface area contributed by atoms with Gasteiger partial charge in [-0.15, -0.1) is 6.58 Å². The molecule has 18 heavy (non-hydrogen) atoms. The van der Waals surface area contributed by atoms with Crippen molar-refractivity contribution in [3.63, 3.8) is 0 Å². The van der Waals surface area contributed by atoms with Gasteiger partial charge in [0.2, 0.25) is 5.95 Å². The normalized spacial score (nSPS) is 10.6. The monoisotopic (exact) mass is 245 g/mol. The molecule has 2 aromatic rings. The molecule has 1 N–H and O–H groups in total. The van der Waals surface area contributed by atoms with Crippen molar-refractivity contribution in [2.45, 2.75) is 19.9 Å². The maximum Gasteiger partial charge on any atom is 0.203 e. The predicted octanol–water partition coefficient (Wildman–Crippen LogP) is 1.77. The second-order valence-electron chi connectivity index (χ2n) is 4.27. The minimum atomic E-state index is 0.724. The van der Waals surface area contributed by atoms with Crippen LogP contribution in [0.4, 0.5) is 5.95 Å². The van der Waals surface area contributed by atoms with Gasteiger partial charge in [0.15, 0.2) is 0 Å². The Kier molecular flexibility index (Phi) is 3.82. The molecule has 0 aliphatic rings. The molecule has 0 bridgehead atoms. The summed E-state index contributed by atoms with van der Waals surface area (Å²) in [5, 5.41) is 7.41. The highest BCUT2D eigenvalue weighted by molar-refractivity contribution is 5.29. The van der Waals surface area contributed by atoms with Crippen molar-refractivity contribution in [1.82, 2.24) is 19.3 Å². The number of nitrogens with zero attached hydrogens (tertiary/aromatic N) is 4. The summed E-state index contributed by atoms with van der Waals surface area (Å²) in [6, 6.07) is 2.04. The van der Waals surface area contributed by atoms with Crippen LogP contribution in [0.15, 0.2) is 31.1 Å². The standard InChI is InChI=1S/C13H19N5/c1-4-7-14-13-16-11(2)10-18(13)9-6-12-5-8-15-17(12)3/h4-5,8,10H,1,6-7,9H2,2-3H3,(H,14,16). The summed E-state index contributed by atoms with van der Waals surface area (Å²) in [7, 11) is 1.96. The predicted molar refractivity (Wildman–Crippen MR) is 72.6 cm³/mol. The largest absolute Gasteiger partial charge is 0.352 e. The topological polar surface area (TPSA) is 47.7 Å². The summed E-state index contributed by atoms with van der Waals surface area (Å²) >= 11 is 0. The summed E-state index contributed by atoms with van der Waals surface area (Å²) < 4.78 is 4.03. The summed E-state index contributed by atoms with van der Waals surface area (Å²) in [5.74, 6) is 0.898. The first-order chi connectivity index (χ1) is 8.70. The molecule has 0 amide bonds. The van der Waals surface area contributed by atoms with E-state index in [-0.39, 0.29) is 0 Å². The van der Waals surface area contributed by atoms with Gasteiger partial charge >= 0.3 is 0 Å². The molecule has 2 aromatic heterocycles. The van der Waals surface area contributed by atoms with E-state index in [1.807, 2.05) is 37.0 Å². The molecule has 5 heteroatoms. The van der Waals surface area contributed by atoms with Crippen molar-refractivity contribution in [3.8, 4) is 0 Å². The van der Waals surface area contributed by atoms with Crippen LogP contribution in [0, 0.1) is 6.92 Å². The second kappa shape index (κ2) is 5.53. The van der Waals surface area contributed by atoms with Crippen LogP contribution < -0.4 is 5.32 Å². The molecule has 2 heterocycles. The lowest BCUT2D eigenvalue weighted by atomic mass is 10.3. The average molecular weight is 245 g/mol. The smallest absolute Gasteiger partial charge is 0.203 e. The van der Waals surface area contributed by atoms with E-state index in [2.05, 4.69) is 32.7 Å². The van der Waals surface area contributed by atoms with Gasteiger partial charge in [0.25, 0.3) is 0 Å². The van der Waals surface area contributed by atoms with Gasteiger partial charge in [0.05, 0.1) is 5.69 Å². The fourth-order valence-electron chi connectivity index (χ4n) is 1.90. The molecule has 0 spiro atoms. The Morgan fingerprint density at radius 2 is 2.33 bits per heavy atom. The third-order valence-electron chi connectivity index (χ3n) is 2.83. The summed E-state index contributed by atoms with van der Waals surface area (Å²) in [5.41, 5.74) is 2.24. The molecule has 2 rings (SSSR count). The number of nitrogens with one attached hydrogen (secondary N) is 1. The molecule has 0 aliphatic heterocycles. The molecule has 0 aliphatic carbocycles. The van der Waals surface area contributed by atoms with Crippen molar-refractivity contribution in [2.24, 2.45) is 7.05 Å². The average Bonchev–Trinajstić information content (AvgIpc) is 2.90. The molecular formula is C13H19N5. The van der Waals surface area contributed by atoms with E-state index >= 15 is 0 Å². The van der Waals surface area contributed by atoms with Crippen molar-refractivity contribution in [2.75, 3.05) is 11.9 Å². The van der Waals surface area contributed by atoms with E-state index in [9.17, 15) is 0 Å². The van der Waals surface area contributed by atoms with Crippen molar-refractivity contribution in [3.05, 3.63) is 42.5 Å². The number of hydrogen-bond acceptors (Lipinski definition) is 3. The van der Waals surface area contributed by atoms with Gasteiger partial charge in [0.1, 0.15) is 0 Å². The van der Waals surface area contributed by atoms with Crippen molar-refractivity contribution in [1.29, 1.82) is 0 Å². The molecule has 0 unspecified atom stereocenters. The van der Waals surface area contributed by atoms with Gasteiger partial charge < -0.3 is 9.88 Å². The highest BCUT2D eigenvalue weighted by Crippen LogP contribution is 2.10. The second-order valence-corrected chi connectivity index (χ2v) is 4.27. The van der Waals surface area contributed by atoms with Crippen LogP contribution in [-0.4, -0.2) is 25.9 Å². The third kappa shape index (κ3) is 2.80. The van der Waals surface area contributed by atoms with Crippen LogP contribution in [-0.2, 0) is 20.0 Å². The molecule has 0 atom stereocenters. The molecule has 0 aromatic carbocycles. The van der Waals surface area contributed by atoms with E-state index in [0.29, 0.717) is 0 Å². The zero-order valence-electron chi connectivity index (χ0n) is 10.9. The third-order valence-corrected chi connectivity index (χ3v) is 2.83. The van der Waals surface area contributed by atoms with Crippen LogP contribution in [0.2, 0.25) is 0 Å². The van der Waals surface area contributed by atoms with Crippen molar-refractivity contribution < 1.29 is 0 Å². The number of aromatic nitrogens is 4. The number of hydrogen-bond donors (Lipinski definition) is 1. The lowest BCUT2D eigenvalue weighted by Crippen LogP contribution is -2.10. The lowest BCUT2D eigenvalue weighted by molar-refractivity contribution is 0.639. The zero-order valence-corrected chi connectivity index (χ0v) is 10.9. The van der Waals surface area contributed by atoms with Gasteiger partial charge in [-0.2, -0.15) is 5.10 Å². The van der Waals surface area contributed by atoms with Crippen LogP contribution in [0.5, 0.6) is 0 Å². The van der Waals surface area contributed by atoms with Crippen LogP contribution in [0.25, 0.3) is 0 Å². The Balaban J connectivity index is 2.04. The van der Waals surface area contributed by atoms with Crippen LogP contribution >= 0.6 is 0 Å². The Bertz CT molecular complexity index is 523. The molecule has 96 valence electrons. The van der Waals surface area contributed by atoms with E-state index < -0.39 is 0 Å². The highest BCUT2D eigenvalue weighted by atomic mass is 15.3. The fraction of sp³-hybridized carbons (Fsp3) is 0.385. The summed E-state index contributed by atoms with van der Waals surface area (Å²) in [4.78, 5) is 4.45. The van der Waals surface area contributed by atoms with Crippen molar-refractivity contribution >= 4 is 5.95 Å². The quantitative estimate of drug-likeness (QED) is 0.789. The van der Waals surface area contributed by atoms with Crippen LogP contribution in [0.1, 0.15) is 11.4 Å². The number of anilines is 1. The number of imidazole rings is 1. The maximum absolute atomic E-state index is 4.45. The minimum Gasteiger partial charge on any atom is -0.352 e. The fourth-order valence-corrected chi connectivity index (χ4v) is 1.90. The first-order valence-corrected chi connectivity index (χ1v) is 6.06. The van der Waals surface area contributed by atoms with Gasteiger partial charge in [0, 0.05) is 44.6 Å². The SMILES string of the molecule is C=CCNc1nc(C)cn1CCc1ccnn1C. The first kappa shape index (κ1) is 12.4. The van der Waals surface area contributed by atoms with Crippen LogP contribution in [0.3, 0.4) is 0 Å². The Hall–Kier alpha value is -2.04. The highest BCUT2D eigenvalue weighted by Gasteiger charge is 2.05. The zero-order chi connectivity index (χ0) is 13.0. The van der Waals surface area contributed by atoms with E-state index in [0.717, 1.165) is 31.2 Å². The molecular weight excluding hydrogens is 226 g/mol. The van der Waals surface area contributed by atoms with Gasteiger partial charge in [-0.1, -0.05) is 6.08 Å². The van der Waals surface area contributed by atoms with E-state index in [4.69, 9.17) is 0 Å². The number of aryl methyl sites for hydroxylation is 4. The van der Waals surface area contributed by atoms with Gasteiger partial charge in [-0.05, 0) is 13.0 Å². The minimum absolute atomic E-state index is 0.724. The molecule has 0 saturated heterocycles. The summed E-state index contributed by atoms with van der Waals surface area (Å²) in [6.07, 6.45) is 6.65. The van der Waals surface area contributed by atoms with Gasteiger partial charge in [-0.3, -0.25) is 4.68 Å². The van der Waals surface area contributed by atoms with E-state index in [1.165, 1.54) is 5.69 Å². The molecule has 5 nitrogen and oxygen atoms in total. The molecule has 0 radical (unpaired) electrons. The molecule has 0 saturated carbocycles. The Morgan fingerprint density at radius 3 is 3.00 bits per heavy atom. The Morgan fingerprint density at radius 1 is 1.50 bits per heavy atom. The van der Waals surface area contributed by atoms with Gasteiger partial charge in [-0.25, -0.2) is 4.98 Å². The maximum atomic E-state index is 4.45. The first-order valence-electron chi connectivity index (χ1n) is 6.06. The van der Waals surface area contributed by atoms with E-state index in [1.54, 1.807) is 0 Å². The molecule has 0 fully saturated rings. The Labute approximate surface area is 107 Å².